The number of rotatable bonds is 5. The van der Waals surface area contributed by atoms with E-state index in [-0.39, 0.29) is 0 Å². The molecule has 0 aromatic heterocycles. The van der Waals surface area contributed by atoms with Crippen molar-refractivity contribution in [3.8, 4) is 0 Å². The van der Waals surface area contributed by atoms with Gasteiger partial charge < -0.3 is 14.5 Å². The molecule has 0 unspecified atom stereocenters. The highest BCUT2D eigenvalue weighted by molar-refractivity contribution is 5.63. The lowest BCUT2D eigenvalue weighted by Gasteiger charge is -2.41. The summed E-state index contributed by atoms with van der Waals surface area (Å²) < 4.78 is 5.62. The number of benzene rings is 1. The van der Waals surface area contributed by atoms with Crippen molar-refractivity contribution < 1.29 is 4.74 Å². The van der Waals surface area contributed by atoms with Crippen LogP contribution < -0.4 is 9.80 Å². The van der Waals surface area contributed by atoms with Crippen LogP contribution in [0.5, 0.6) is 0 Å². The normalized spacial score (nSPS) is 25.5. The quantitative estimate of drug-likeness (QED) is 0.639. The van der Waals surface area contributed by atoms with E-state index in [1.165, 1.54) is 96.2 Å². The lowest BCUT2D eigenvalue weighted by Crippen LogP contribution is -2.47. The standard InChI is InChI=1S/C27H43N3O/c1-2-13-28-14-16-30(17-15-28)26-6-5-24(29-18-20-31-21-19-29)22-25(26)23-7-11-27(12-8-23)9-3-4-10-27/h5-6,22-23H,2-4,7-21H2,1H3. The second-order valence-electron chi connectivity index (χ2n) is 10.7. The molecule has 2 aliphatic carbocycles. The summed E-state index contributed by atoms with van der Waals surface area (Å²) in [5.74, 6) is 0.746. The number of nitrogens with zero attached hydrogens (tertiary/aromatic N) is 3. The van der Waals surface area contributed by atoms with Crippen LogP contribution in [0.4, 0.5) is 11.4 Å². The minimum Gasteiger partial charge on any atom is -0.378 e. The molecule has 1 spiro atoms. The third-order valence-corrected chi connectivity index (χ3v) is 8.79. The smallest absolute Gasteiger partial charge is 0.0642 e. The number of piperazine rings is 1. The van der Waals surface area contributed by atoms with Crippen molar-refractivity contribution in [2.45, 2.75) is 70.6 Å². The summed E-state index contributed by atoms with van der Waals surface area (Å²) in [5, 5.41) is 0. The first kappa shape index (κ1) is 21.6. The maximum atomic E-state index is 5.62. The summed E-state index contributed by atoms with van der Waals surface area (Å²) in [6.45, 7) is 12.1. The third-order valence-electron chi connectivity index (χ3n) is 8.79. The zero-order valence-corrected chi connectivity index (χ0v) is 19.8. The number of ether oxygens (including phenoxy) is 1. The van der Waals surface area contributed by atoms with Crippen molar-refractivity contribution in [2.24, 2.45) is 5.41 Å². The molecule has 4 aliphatic rings. The summed E-state index contributed by atoms with van der Waals surface area (Å²) in [7, 11) is 0. The Morgan fingerprint density at radius 3 is 2.26 bits per heavy atom. The summed E-state index contributed by atoms with van der Waals surface area (Å²) in [5.41, 5.74) is 5.33. The van der Waals surface area contributed by atoms with Crippen LogP contribution in [-0.2, 0) is 4.74 Å². The van der Waals surface area contributed by atoms with E-state index in [0.717, 1.165) is 32.2 Å². The molecule has 0 amide bonds. The first-order valence-corrected chi connectivity index (χ1v) is 13.2. The molecule has 0 radical (unpaired) electrons. The molecule has 172 valence electrons. The molecule has 2 aliphatic heterocycles. The van der Waals surface area contributed by atoms with Crippen molar-refractivity contribution in [3.05, 3.63) is 23.8 Å². The maximum Gasteiger partial charge on any atom is 0.0642 e. The molecule has 0 N–H and O–H groups in total. The number of anilines is 2. The Bertz CT molecular complexity index is 705. The lowest BCUT2D eigenvalue weighted by atomic mass is 9.68. The van der Waals surface area contributed by atoms with Crippen LogP contribution in [0.15, 0.2) is 18.2 Å². The fourth-order valence-corrected chi connectivity index (χ4v) is 6.87. The molecule has 2 heterocycles. The Hall–Kier alpha value is -1.26. The minimum absolute atomic E-state index is 0.713. The fourth-order valence-electron chi connectivity index (χ4n) is 6.87. The van der Waals surface area contributed by atoms with E-state index in [0.29, 0.717) is 5.41 Å². The largest absolute Gasteiger partial charge is 0.378 e. The van der Waals surface area contributed by atoms with Crippen molar-refractivity contribution >= 4 is 11.4 Å². The topological polar surface area (TPSA) is 19.0 Å². The van der Waals surface area contributed by atoms with Gasteiger partial charge in [-0.15, -0.1) is 0 Å². The van der Waals surface area contributed by atoms with E-state index in [9.17, 15) is 0 Å². The lowest BCUT2D eigenvalue weighted by molar-refractivity contribution is 0.122. The average Bonchev–Trinajstić information content (AvgIpc) is 3.28. The molecule has 4 nitrogen and oxygen atoms in total. The molecular formula is C27H43N3O. The van der Waals surface area contributed by atoms with Gasteiger partial charge in [0.2, 0.25) is 0 Å². The Morgan fingerprint density at radius 1 is 0.871 bits per heavy atom. The van der Waals surface area contributed by atoms with Crippen LogP contribution in [-0.4, -0.2) is 63.9 Å². The van der Waals surface area contributed by atoms with Gasteiger partial charge in [-0.3, -0.25) is 4.90 Å². The van der Waals surface area contributed by atoms with Gasteiger partial charge in [-0.1, -0.05) is 19.8 Å². The predicted molar refractivity (Wildman–Crippen MR) is 131 cm³/mol. The molecule has 5 rings (SSSR count). The number of morpholine rings is 1. The van der Waals surface area contributed by atoms with Crippen molar-refractivity contribution in [1.82, 2.24) is 4.90 Å². The van der Waals surface area contributed by atoms with Gasteiger partial charge >= 0.3 is 0 Å². The Balaban J connectivity index is 1.36. The van der Waals surface area contributed by atoms with E-state index in [1.807, 2.05) is 0 Å². The summed E-state index contributed by atoms with van der Waals surface area (Å²) >= 11 is 0. The molecule has 1 aromatic rings. The van der Waals surface area contributed by atoms with Crippen molar-refractivity contribution in [2.75, 3.05) is 68.8 Å². The highest BCUT2D eigenvalue weighted by Gasteiger charge is 2.38. The summed E-state index contributed by atoms with van der Waals surface area (Å²) in [4.78, 5) is 7.88. The minimum atomic E-state index is 0.713. The second kappa shape index (κ2) is 9.70. The van der Waals surface area contributed by atoms with Gasteiger partial charge in [0.1, 0.15) is 0 Å². The molecular weight excluding hydrogens is 382 g/mol. The average molecular weight is 426 g/mol. The SMILES string of the molecule is CCCN1CCN(c2ccc(N3CCOCC3)cc2C2CCC3(CCCC3)CC2)CC1. The zero-order valence-electron chi connectivity index (χ0n) is 19.8. The van der Waals surface area contributed by atoms with Gasteiger partial charge in [-0.25, -0.2) is 0 Å². The van der Waals surface area contributed by atoms with Gasteiger partial charge in [-0.2, -0.15) is 0 Å². The van der Waals surface area contributed by atoms with Crippen LogP contribution >= 0.6 is 0 Å². The Kier molecular flexibility index (Phi) is 6.75. The molecule has 1 aromatic carbocycles. The van der Waals surface area contributed by atoms with Crippen LogP contribution in [0.1, 0.15) is 76.2 Å². The van der Waals surface area contributed by atoms with Gasteiger partial charge in [-0.05, 0) is 86.6 Å². The molecule has 4 heteroatoms. The van der Waals surface area contributed by atoms with Gasteiger partial charge in [0.05, 0.1) is 13.2 Å². The Labute approximate surface area is 189 Å². The third kappa shape index (κ3) is 4.75. The molecule has 0 bridgehead atoms. The second-order valence-corrected chi connectivity index (χ2v) is 10.7. The fraction of sp³-hybridized carbons (Fsp3) is 0.778. The summed E-state index contributed by atoms with van der Waals surface area (Å²) in [6.07, 6.45) is 12.9. The van der Waals surface area contributed by atoms with E-state index >= 15 is 0 Å². The van der Waals surface area contributed by atoms with E-state index in [2.05, 4.69) is 39.8 Å². The van der Waals surface area contributed by atoms with Gasteiger partial charge in [0, 0.05) is 50.6 Å². The van der Waals surface area contributed by atoms with Gasteiger partial charge in [0.25, 0.3) is 0 Å². The van der Waals surface area contributed by atoms with Crippen LogP contribution in [0, 0.1) is 5.41 Å². The predicted octanol–water partition coefficient (Wildman–Crippen LogP) is 5.27. The first-order valence-electron chi connectivity index (χ1n) is 13.2. The van der Waals surface area contributed by atoms with Crippen molar-refractivity contribution in [1.29, 1.82) is 0 Å². The molecule has 2 saturated heterocycles. The van der Waals surface area contributed by atoms with E-state index < -0.39 is 0 Å². The van der Waals surface area contributed by atoms with E-state index in [1.54, 1.807) is 11.3 Å². The molecule has 0 atom stereocenters. The first-order chi connectivity index (χ1) is 15.3. The highest BCUT2D eigenvalue weighted by Crippen LogP contribution is 2.53. The summed E-state index contributed by atoms with van der Waals surface area (Å²) in [6, 6.07) is 7.44. The molecule has 2 saturated carbocycles. The van der Waals surface area contributed by atoms with Crippen LogP contribution in [0.25, 0.3) is 0 Å². The van der Waals surface area contributed by atoms with Crippen LogP contribution in [0.2, 0.25) is 0 Å². The molecule has 31 heavy (non-hydrogen) atoms. The van der Waals surface area contributed by atoms with Crippen LogP contribution in [0.3, 0.4) is 0 Å². The number of hydrogen-bond acceptors (Lipinski definition) is 4. The van der Waals surface area contributed by atoms with E-state index in [4.69, 9.17) is 4.74 Å². The molecule has 4 fully saturated rings. The number of hydrogen-bond donors (Lipinski definition) is 0. The maximum absolute atomic E-state index is 5.62. The van der Waals surface area contributed by atoms with Crippen molar-refractivity contribution in [3.63, 3.8) is 0 Å². The zero-order chi connectivity index (χ0) is 21.1. The van der Waals surface area contributed by atoms with Gasteiger partial charge in [0.15, 0.2) is 0 Å². The highest BCUT2D eigenvalue weighted by atomic mass is 16.5. The monoisotopic (exact) mass is 425 g/mol. The Morgan fingerprint density at radius 2 is 1.58 bits per heavy atom.